The molecule has 0 aliphatic rings. The molecular formula is C16H15N5. The molecule has 0 aliphatic carbocycles. The highest BCUT2D eigenvalue weighted by Gasteiger charge is 2.17. The fourth-order valence-corrected chi connectivity index (χ4v) is 1.99. The minimum absolute atomic E-state index is 0.185. The largest absolute Gasteiger partial charge is 0.340 e. The maximum absolute atomic E-state index is 4.41. The molecule has 0 saturated carbocycles. The second kappa shape index (κ2) is 6.09. The summed E-state index contributed by atoms with van der Waals surface area (Å²) in [5.41, 5.74) is 2.77. The molecule has 104 valence electrons. The number of nitrogens with one attached hydrogen (secondary N) is 1. The van der Waals surface area contributed by atoms with Crippen LogP contribution in [0.5, 0.6) is 0 Å². The molecule has 0 amide bonds. The summed E-state index contributed by atoms with van der Waals surface area (Å²) in [4.78, 5) is 17.4. The first-order valence-corrected chi connectivity index (χ1v) is 6.70. The first-order chi connectivity index (χ1) is 10.3. The fourth-order valence-electron chi connectivity index (χ4n) is 1.99. The standard InChI is InChI=1S/C16H15N5/c1-12-10-19-16(20-11-12)21-15(13-6-2-4-8-17-13)14-7-3-5-9-18-14/h2-11,15H,1H3,(H,19,20,21). The maximum Gasteiger partial charge on any atom is 0.223 e. The summed E-state index contributed by atoms with van der Waals surface area (Å²) in [5.74, 6) is 0.557. The second-order valence-corrected chi connectivity index (χ2v) is 4.67. The van der Waals surface area contributed by atoms with Crippen molar-refractivity contribution in [3.63, 3.8) is 0 Å². The van der Waals surface area contributed by atoms with E-state index in [2.05, 4.69) is 25.3 Å². The molecule has 0 unspecified atom stereocenters. The number of hydrogen-bond donors (Lipinski definition) is 1. The Labute approximate surface area is 123 Å². The predicted octanol–water partition coefficient (Wildman–Crippen LogP) is 2.78. The van der Waals surface area contributed by atoms with Crippen LogP contribution in [0.4, 0.5) is 5.95 Å². The van der Waals surface area contributed by atoms with Gasteiger partial charge in [-0.1, -0.05) is 12.1 Å². The lowest BCUT2D eigenvalue weighted by Gasteiger charge is -2.17. The zero-order valence-electron chi connectivity index (χ0n) is 11.6. The van der Waals surface area contributed by atoms with Crippen LogP contribution >= 0.6 is 0 Å². The van der Waals surface area contributed by atoms with Gasteiger partial charge in [-0.2, -0.15) is 0 Å². The van der Waals surface area contributed by atoms with Crippen molar-refractivity contribution < 1.29 is 0 Å². The van der Waals surface area contributed by atoms with E-state index in [1.54, 1.807) is 24.8 Å². The smallest absolute Gasteiger partial charge is 0.223 e. The first kappa shape index (κ1) is 13.2. The van der Waals surface area contributed by atoms with Crippen LogP contribution in [0.1, 0.15) is 23.0 Å². The van der Waals surface area contributed by atoms with Crippen LogP contribution in [0.3, 0.4) is 0 Å². The van der Waals surface area contributed by atoms with Gasteiger partial charge in [0.05, 0.1) is 11.4 Å². The van der Waals surface area contributed by atoms with Crippen LogP contribution in [0.2, 0.25) is 0 Å². The summed E-state index contributed by atoms with van der Waals surface area (Å²) in [6.45, 7) is 1.96. The van der Waals surface area contributed by atoms with E-state index in [9.17, 15) is 0 Å². The molecule has 0 saturated heterocycles. The lowest BCUT2D eigenvalue weighted by molar-refractivity contribution is 0.829. The lowest BCUT2D eigenvalue weighted by Crippen LogP contribution is -2.16. The molecule has 0 atom stereocenters. The predicted molar refractivity (Wildman–Crippen MR) is 80.7 cm³/mol. The Hall–Kier alpha value is -2.82. The Bertz CT molecular complexity index is 643. The summed E-state index contributed by atoms with van der Waals surface area (Å²) in [7, 11) is 0. The van der Waals surface area contributed by atoms with Crippen molar-refractivity contribution in [2.75, 3.05) is 5.32 Å². The molecule has 3 rings (SSSR count). The normalized spacial score (nSPS) is 10.6. The molecule has 0 aliphatic heterocycles. The van der Waals surface area contributed by atoms with Crippen LogP contribution in [-0.2, 0) is 0 Å². The Kier molecular flexibility index (Phi) is 3.82. The van der Waals surface area contributed by atoms with Gasteiger partial charge in [0.25, 0.3) is 0 Å². The Morgan fingerprint density at radius 2 is 1.38 bits per heavy atom. The first-order valence-electron chi connectivity index (χ1n) is 6.70. The van der Waals surface area contributed by atoms with Crippen molar-refractivity contribution >= 4 is 5.95 Å². The summed E-state index contributed by atoms with van der Waals surface area (Å²) in [5, 5.41) is 3.29. The molecule has 0 bridgehead atoms. The van der Waals surface area contributed by atoms with Gasteiger partial charge in [0.1, 0.15) is 6.04 Å². The van der Waals surface area contributed by atoms with Gasteiger partial charge in [0, 0.05) is 24.8 Å². The highest BCUT2D eigenvalue weighted by molar-refractivity contribution is 5.35. The van der Waals surface area contributed by atoms with E-state index < -0.39 is 0 Å². The van der Waals surface area contributed by atoms with Crippen LogP contribution < -0.4 is 5.32 Å². The van der Waals surface area contributed by atoms with E-state index in [0.29, 0.717) is 5.95 Å². The van der Waals surface area contributed by atoms with Crippen molar-refractivity contribution in [2.24, 2.45) is 0 Å². The second-order valence-electron chi connectivity index (χ2n) is 4.67. The molecule has 3 heterocycles. The van der Waals surface area contributed by atoms with Crippen LogP contribution in [-0.4, -0.2) is 19.9 Å². The number of rotatable bonds is 4. The fraction of sp³-hybridized carbons (Fsp3) is 0.125. The molecule has 0 aromatic carbocycles. The molecule has 0 fully saturated rings. The maximum atomic E-state index is 4.41. The van der Waals surface area contributed by atoms with E-state index in [1.165, 1.54) is 0 Å². The van der Waals surface area contributed by atoms with Gasteiger partial charge in [0.15, 0.2) is 0 Å². The summed E-state index contributed by atoms with van der Waals surface area (Å²) >= 11 is 0. The Morgan fingerprint density at radius 3 is 1.86 bits per heavy atom. The minimum Gasteiger partial charge on any atom is -0.340 e. The average molecular weight is 277 g/mol. The average Bonchev–Trinajstić information content (AvgIpc) is 2.56. The zero-order valence-corrected chi connectivity index (χ0v) is 11.6. The molecule has 3 aromatic rings. The Balaban J connectivity index is 1.95. The third-order valence-corrected chi connectivity index (χ3v) is 3.02. The van der Waals surface area contributed by atoms with Gasteiger partial charge in [-0.15, -0.1) is 0 Å². The molecule has 21 heavy (non-hydrogen) atoms. The number of nitrogens with zero attached hydrogens (tertiary/aromatic N) is 4. The summed E-state index contributed by atoms with van der Waals surface area (Å²) in [6, 6.07) is 11.4. The highest BCUT2D eigenvalue weighted by Crippen LogP contribution is 2.21. The van der Waals surface area contributed by atoms with Gasteiger partial charge in [-0.05, 0) is 36.8 Å². The molecule has 1 N–H and O–H groups in total. The molecule has 5 heteroatoms. The Morgan fingerprint density at radius 1 is 0.810 bits per heavy atom. The third-order valence-electron chi connectivity index (χ3n) is 3.02. The lowest BCUT2D eigenvalue weighted by atomic mass is 10.1. The molecule has 0 spiro atoms. The molecule has 0 radical (unpaired) electrons. The zero-order chi connectivity index (χ0) is 14.5. The van der Waals surface area contributed by atoms with Crippen molar-refractivity contribution in [2.45, 2.75) is 13.0 Å². The number of pyridine rings is 2. The van der Waals surface area contributed by atoms with Crippen LogP contribution in [0.25, 0.3) is 0 Å². The van der Waals surface area contributed by atoms with E-state index in [0.717, 1.165) is 17.0 Å². The van der Waals surface area contributed by atoms with Crippen molar-refractivity contribution in [3.8, 4) is 0 Å². The monoisotopic (exact) mass is 277 g/mol. The van der Waals surface area contributed by atoms with E-state index in [-0.39, 0.29) is 6.04 Å². The summed E-state index contributed by atoms with van der Waals surface area (Å²) < 4.78 is 0. The van der Waals surface area contributed by atoms with Crippen molar-refractivity contribution in [1.82, 2.24) is 19.9 Å². The van der Waals surface area contributed by atoms with Crippen molar-refractivity contribution in [1.29, 1.82) is 0 Å². The minimum atomic E-state index is -0.185. The number of aryl methyl sites for hydroxylation is 1. The van der Waals surface area contributed by atoms with E-state index >= 15 is 0 Å². The SMILES string of the molecule is Cc1cnc(NC(c2ccccn2)c2ccccn2)nc1. The molecule has 3 aromatic heterocycles. The topological polar surface area (TPSA) is 63.6 Å². The highest BCUT2D eigenvalue weighted by atomic mass is 15.1. The molecule has 5 nitrogen and oxygen atoms in total. The van der Waals surface area contributed by atoms with E-state index in [4.69, 9.17) is 0 Å². The quantitative estimate of drug-likeness (QED) is 0.794. The van der Waals surface area contributed by atoms with Crippen LogP contribution in [0, 0.1) is 6.92 Å². The van der Waals surface area contributed by atoms with Gasteiger partial charge < -0.3 is 5.32 Å². The number of hydrogen-bond acceptors (Lipinski definition) is 5. The van der Waals surface area contributed by atoms with E-state index in [1.807, 2.05) is 43.3 Å². The summed E-state index contributed by atoms with van der Waals surface area (Å²) in [6.07, 6.45) is 7.10. The third kappa shape index (κ3) is 3.20. The van der Waals surface area contributed by atoms with Gasteiger partial charge in [0.2, 0.25) is 5.95 Å². The van der Waals surface area contributed by atoms with Gasteiger partial charge in [-0.25, -0.2) is 9.97 Å². The molecular weight excluding hydrogens is 262 g/mol. The van der Waals surface area contributed by atoms with Gasteiger partial charge in [-0.3, -0.25) is 9.97 Å². The van der Waals surface area contributed by atoms with Crippen LogP contribution in [0.15, 0.2) is 61.2 Å². The van der Waals surface area contributed by atoms with Gasteiger partial charge >= 0.3 is 0 Å². The number of anilines is 1. The van der Waals surface area contributed by atoms with Crippen molar-refractivity contribution in [3.05, 3.63) is 78.1 Å². The number of aromatic nitrogens is 4.